The second kappa shape index (κ2) is 24.6. The third-order valence-electron chi connectivity index (χ3n) is 7.90. The number of hydrogen-bond donors (Lipinski definition) is 0. The average molecular weight is 873 g/mol. The van der Waals surface area contributed by atoms with Crippen LogP contribution in [0.15, 0.2) is 243 Å². The van der Waals surface area contributed by atoms with Gasteiger partial charge in [0.05, 0.1) is 15.8 Å². The van der Waals surface area contributed by atoms with Crippen LogP contribution in [0, 0.1) is 10.7 Å². The molecule has 0 fully saturated rings. The number of rotatable bonds is 6. The van der Waals surface area contributed by atoms with Crippen molar-refractivity contribution in [2.45, 2.75) is 0 Å². The second-order valence-corrected chi connectivity index (χ2v) is 16.9. The Kier molecular flexibility index (Phi) is 19.2. The Morgan fingerprint density at radius 3 is 0.736 bits per heavy atom. The summed E-state index contributed by atoms with van der Waals surface area (Å²) in [5.74, 6) is 2.90. The van der Waals surface area contributed by atoms with Crippen LogP contribution in [0.25, 0.3) is 0 Å². The van der Waals surface area contributed by atoms with Crippen molar-refractivity contribution < 1.29 is 19.5 Å². The van der Waals surface area contributed by atoms with Gasteiger partial charge < -0.3 is 0 Å². The molecule has 4 heteroatoms. The fourth-order valence-electron chi connectivity index (χ4n) is 5.53. The van der Waals surface area contributed by atoms with Crippen LogP contribution in [-0.4, -0.2) is 16.0 Å². The Balaban J connectivity index is 0.000000173. The van der Waals surface area contributed by atoms with Gasteiger partial charge in [-0.25, -0.2) is 12.1 Å². The van der Waals surface area contributed by atoms with E-state index in [-0.39, 0.29) is 19.5 Å². The Bertz CT molecular complexity index is 1800. The summed E-state index contributed by atoms with van der Waals surface area (Å²) in [7, 11) is -1.75. The zero-order valence-corrected chi connectivity index (χ0v) is 34.8. The molecule has 8 aromatic rings. The molecule has 256 valence electrons. The predicted molar refractivity (Wildman–Crippen MR) is 234 cm³/mol. The van der Waals surface area contributed by atoms with E-state index in [9.17, 15) is 0 Å². The van der Waals surface area contributed by atoms with Gasteiger partial charge in [-0.3, -0.25) is 0 Å². The minimum absolute atomic E-state index is 0. The fourth-order valence-corrected chi connectivity index (χ4v) is 10.9. The summed E-state index contributed by atoms with van der Waals surface area (Å²) in [5, 5.41) is 8.61. The molecule has 0 nitrogen and oxygen atoms in total. The molecule has 0 N–H and O–H groups in total. The topological polar surface area (TPSA) is 0 Å². The first kappa shape index (κ1) is 41.2. The van der Waals surface area contributed by atoms with Crippen molar-refractivity contribution in [3.63, 3.8) is 0 Å². The molecule has 0 unspecified atom stereocenters. The molecular formula is C49H42P2RuSe+6. The minimum atomic E-state index is -0.877. The Morgan fingerprint density at radius 2 is 0.547 bits per heavy atom. The van der Waals surface area contributed by atoms with Gasteiger partial charge in [-0.05, 0) is 72.8 Å². The van der Waals surface area contributed by atoms with Gasteiger partial charge >= 0.3 is 82.1 Å². The van der Waals surface area contributed by atoms with E-state index >= 15 is 0 Å². The van der Waals surface area contributed by atoms with E-state index < -0.39 is 15.8 Å². The van der Waals surface area contributed by atoms with Gasteiger partial charge in [0.2, 0.25) is 0 Å². The van der Waals surface area contributed by atoms with Crippen molar-refractivity contribution >= 4 is 63.7 Å². The van der Waals surface area contributed by atoms with Gasteiger partial charge in [0, 0.05) is 0 Å². The molecule has 0 saturated carbocycles. The average Bonchev–Trinajstić information content (AvgIpc) is 3.83. The molecule has 0 aromatic heterocycles. The van der Waals surface area contributed by atoms with Crippen molar-refractivity contribution in [2.75, 3.05) is 0 Å². The van der Waals surface area contributed by atoms with Gasteiger partial charge in [-0.15, -0.1) is 0 Å². The molecule has 0 amide bonds. The SMILES string of the molecule is [Ru+5].[Se]C#Cc1ccccc1.c1cc[cH-]c1.c1ccc([PH+](c2ccccc2)c2ccccc2)cc1.c1ccc([PH+](c2ccccc2)c2ccccc2)cc1. The zero-order chi connectivity index (χ0) is 35.9. The van der Waals surface area contributed by atoms with Crippen LogP contribution in [0.4, 0.5) is 0 Å². The van der Waals surface area contributed by atoms with E-state index in [1.54, 1.807) is 0 Å². The third kappa shape index (κ3) is 14.1. The molecule has 53 heavy (non-hydrogen) atoms. The molecule has 2 radical (unpaired) electrons. The summed E-state index contributed by atoms with van der Waals surface area (Å²) in [6.07, 6.45) is 0. The predicted octanol–water partition coefficient (Wildman–Crippen LogP) is 8.92. The Morgan fingerprint density at radius 1 is 0.321 bits per heavy atom. The standard InChI is InChI=1S/2C18H15P.C8H5Se.C5H5.Ru/c2*1-4-10-16(11-5-1)19(17-12-6-2-7-13-17)18-14-8-3-9-15-18;9-7-6-8-4-2-1-3-5-8;1-2-4-5-3-1;/h2*1-15H;1-5H;1-5H;/q;;;-1;+5/p+2. The van der Waals surface area contributed by atoms with Crippen molar-refractivity contribution in [3.05, 3.63) is 248 Å². The second-order valence-electron chi connectivity index (χ2n) is 11.5. The molecule has 8 aromatic carbocycles. The molecule has 0 bridgehead atoms. The summed E-state index contributed by atoms with van der Waals surface area (Å²) in [4.78, 5) is 2.71. The molecule has 0 heterocycles. The maximum Gasteiger partial charge on any atom is 0.102 e. The quantitative estimate of drug-likeness (QED) is 0.0679. The molecular weight excluding hydrogens is 831 g/mol. The Labute approximate surface area is 339 Å². The van der Waals surface area contributed by atoms with Crippen molar-refractivity contribution in [1.82, 2.24) is 0 Å². The summed E-state index contributed by atoms with van der Waals surface area (Å²) in [6, 6.07) is 84.9. The van der Waals surface area contributed by atoms with E-state index in [1.165, 1.54) is 31.8 Å². The van der Waals surface area contributed by atoms with Gasteiger partial charge in [0.25, 0.3) is 0 Å². The largest absolute Gasteiger partial charge is 0.214 e. The first-order valence-electron chi connectivity index (χ1n) is 17.2. The summed E-state index contributed by atoms with van der Waals surface area (Å²) in [5.41, 5.74) is 1.05. The Hall–Kier alpha value is -4.55. The van der Waals surface area contributed by atoms with E-state index in [1.807, 2.05) is 60.7 Å². The van der Waals surface area contributed by atoms with E-state index in [2.05, 4.69) is 209 Å². The van der Waals surface area contributed by atoms with Crippen LogP contribution in [0.3, 0.4) is 0 Å². The fraction of sp³-hybridized carbons (Fsp3) is 0. The molecule has 0 saturated heterocycles. The van der Waals surface area contributed by atoms with Crippen molar-refractivity contribution in [1.29, 1.82) is 0 Å². The smallest absolute Gasteiger partial charge is 0.102 e. The molecule has 8 rings (SSSR count). The van der Waals surface area contributed by atoms with Crippen LogP contribution in [-0.2, 0) is 19.5 Å². The normalized spacial score (nSPS) is 9.62. The summed E-state index contributed by atoms with van der Waals surface area (Å²) < 4.78 is 0. The van der Waals surface area contributed by atoms with E-state index in [4.69, 9.17) is 0 Å². The van der Waals surface area contributed by atoms with Crippen molar-refractivity contribution in [2.24, 2.45) is 0 Å². The van der Waals surface area contributed by atoms with Crippen LogP contribution in [0.2, 0.25) is 0 Å². The van der Waals surface area contributed by atoms with Gasteiger partial charge in [-0.2, -0.15) is 18.2 Å². The molecule has 0 spiro atoms. The summed E-state index contributed by atoms with van der Waals surface area (Å²) >= 11 is 2.63. The van der Waals surface area contributed by atoms with E-state index in [0.717, 1.165) is 5.56 Å². The maximum absolute atomic E-state index is 2.90. The van der Waals surface area contributed by atoms with Crippen LogP contribution in [0.5, 0.6) is 0 Å². The maximum atomic E-state index is 2.90. The molecule has 0 aliphatic carbocycles. The monoisotopic (exact) mass is 874 g/mol. The number of hydrogen-bond acceptors (Lipinski definition) is 0. The van der Waals surface area contributed by atoms with Gasteiger partial charge in [0.1, 0.15) is 31.8 Å². The van der Waals surface area contributed by atoms with E-state index in [0.29, 0.717) is 0 Å². The van der Waals surface area contributed by atoms with Gasteiger partial charge in [0.15, 0.2) is 0 Å². The summed E-state index contributed by atoms with van der Waals surface area (Å²) in [6.45, 7) is 0. The molecule has 0 aliphatic heterocycles. The zero-order valence-electron chi connectivity index (χ0n) is 29.4. The molecule has 0 aliphatic rings. The van der Waals surface area contributed by atoms with Crippen LogP contribution in [0.1, 0.15) is 5.56 Å². The first-order chi connectivity index (χ1) is 25.8. The van der Waals surface area contributed by atoms with Crippen LogP contribution < -0.4 is 31.8 Å². The molecule has 0 atom stereocenters. The van der Waals surface area contributed by atoms with Crippen molar-refractivity contribution in [3.8, 4) is 10.7 Å². The minimum Gasteiger partial charge on any atom is -0.214 e. The van der Waals surface area contributed by atoms with Gasteiger partial charge in [-0.1, -0.05) is 109 Å². The third-order valence-corrected chi connectivity index (χ3v) is 13.6. The number of benzene rings is 7. The van der Waals surface area contributed by atoms with Crippen LogP contribution >= 0.6 is 15.8 Å². The first-order valence-corrected chi connectivity index (χ1v) is 21.1.